The Morgan fingerprint density at radius 3 is 2.07 bits per heavy atom. The molecule has 0 aliphatic rings. The normalized spacial score (nSPS) is 11.3. The summed E-state index contributed by atoms with van der Waals surface area (Å²) in [6.45, 7) is -5.78. The van der Waals surface area contributed by atoms with Crippen molar-refractivity contribution in [2.75, 3.05) is 5.01 Å². The smallest absolute Gasteiger partial charge is 0.387 e. The van der Waals surface area contributed by atoms with Crippen molar-refractivity contribution in [2.24, 2.45) is 5.10 Å². The largest absolute Gasteiger partial charge is 0.435 e. The first kappa shape index (κ1) is 21.2. The van der Waals surface area contributed by atoms with Gasteiger partial charge in [0.05, 0.1) is 18.4 Å². The zero-order valence-corrected chi connectivity index (χ0v) is 15.7. The summed E-state index contributed by atoms with van der Waals surface area (Å²) in [6.07, 6.45) is 1.33. The van der Waals surface area contributed by atoms with Crippen molar-refractivity contribution in [1.82, 2.24) is 0 Å². The number of hydrogen-bond acceptors (Lipinski definition) is 4. The van der Waals surface area contributed by atoms with E-state index in [1.165, 1.54) is 18.3 Å². The van der Waals surface area contributed by atoms with Crippen LogP contribution in [0.25, 0.3) is 0 Å². The zero-order chi connectivity index (χ0) is 21.3. The van der Waals surface area contributed by atoms with Crippen molar-refractivity contribution in [3.63, 3.8) is 0 Å². The van der Waals surface area contributed by atoms with E-state index >= 15 is 0 Å². The molecule has 0 saturated carbocycles. The standard InChI is InChI=1S/C22H18F4N2O2/c23-21(24)29-19-12-11-17(20(13-19)30-22(25)26)14-27-28(18-9-5-2-6-10-18)15-16-7-3-1-4-8-16/h1-14,21-22H,15H2/b27-14-. The average Bonchev–Trinajstić information content (AvgIpc) is 2.73. The number of rotatable bonds is 9. The Kier molecular flexibility index (Phi) is 7.26. The van der Waals surface area contributed by atoms with E-state index in [2.05, 4.69) is 14.6 Å². The van der Waals surface area contributed by atoms with Crippen LogP contribution in [0.2, 0.25) is 0 Å². The summed E-state index contributed by atoms with van der Waals surface area (Å²) >= 11 is 0. The summed E-state index contributed by atoms with van der Waals surface area (Å²) < 4.78 is 59.1. The molecule has 0 radical (unpaired) electrons. The summed E-state index contributed by atoms with van der Waals surface area (Å²) in [6, 6.07) is 22.4. The number of para-hydroxylation sites is 1. The van der Waals surface area contributed by atoms with Crippen LogP contribution in [-0.2, 0) is 6.54 Å². The molecule has 3 rings (SSSR count). The maximum absolute atomic E-state index is 12.8. The van der Waals surface area contributed by atoms with Crippen molar-refractivity contribution in [3.8, 4) is 11.5 Å². The number of anilines is 1. The van der Waals surface area contributed by atoms with E-state index in [4.69, 9.17) is 0 Å². The molecule has 3 aromatic carbocycles. The van der Waals surface area contributed by atoms with E-state index in [1.807, 2.05) is 60.7 Å². The van der Waals surface area contributed by atoms with Gasteiger partial charge in [-0.2, -0.15) is 22.7 Å². The Balaban J connectivity index is 1.90. The van der Waals surface area contributed by atoms with Crippen LogP contribution in [0.4, 0.5) is 23.2 Å². The summed E-state index contributed by atoms with van der Waals surface area (Å²) in [5, 5.41) is 6.10. The van der Waals surface area contributed by atoms with Crippen LogP contribution in [0, 0.1) is 0 Å². The van der Waals surface area contributed by atoms with Gasteiger partial charge < -0.3 is 9.47 Å². The SMILES string of the molecule is FC(F)Oc1ccc(/C=N\N(Cc2ccccc2)c2ccccc2)c(OC(F)F)c1. The molecule has 0 saturated heterocycles. The fourth-order valence-corrected chi connectivity index (χ4v) is 2.68. The van der Waals surface area contributed by atoms with Crippen molar-refractivity contribution >= 4 is 11.9 Å². The molecule has 0 aromatic heterocycles. The lowest BCUT2D eigenvalue weighted by Crippen LogP contribution is -2.16. The first-order valence-electron chi connectivity index (χ1n) is 8.95. The van der Waals surface area contributed by atoms with Gasteiger partial charge >= 0.3 is 13.2 Å². The van der Waals surface area contributed by atoms with Gasteiger partial charge in [-0.15, -0.1) is 0 Å². The van der Waals surface area contributed by atoms with Crippen molar-refractivity contribution in [2.45, 2.75) is 19.8 Å². The average molecular weight is 418 g/mol. The lowest BCUT2D eigenvalue weighted by atomic mass is 10.2. The van der Waals surface area contributed by atoms with Crippen LogP contribution in [0.3, 0.4) is 0 Å². The summed E-state index contributed by atoms with van der Waals surface area (Å²) in [7, 11) is 0. The van der Waals surface area contributed by atoms with Gasteiger partial charge in [-0.05, 0) is 29.8 Å². The highest BCUT2D eigenvalue weighted by atomic mass is 19.3. The molecule has 0 atom stereocenters. The fourth-order valence-electron chi connectivity index (χ4n) is 2.68. The van der Waals surface area contributed by atoms with Crippen LogP contribution in [-0.4, -0.2) is 19.4 Å². The molecular weight excluding hydrogens is 400 g/mol. The molecule has 8 heteroatoms. The van der Waals surface area contributed by atoms with E-state index in [9.17, 15) is 17.6 Å². The monoisotopic (exact) mass is 418 g/mol. The van der Waals surface area contributed by atoms with Gasteiger partial charge in [0.2, 0.25) is 0 Å². The summed E-state index contributed by atoms with van der Waals surface area (Å²) in [5.41, 5.74) is 1.96. The van der Waals surface area contributed by atoms with E-state index in [1.54, 1.807) is 5.01 Å². The van der Waals surface area contributed by atoms with Crippen molar-refractivity contribution < 1.29 is 27.0 Å². The van der Waals surface area contributed by atoms with Gasteiger partial charge in [-0.25, -0.2) is 0 Å². The minimum Gasteiger partial charge on any atom is -0.435 e. The van der Waals surface area contributed by atoms with Crippen LogP contribution in [0.15, 0.2) is 84.0 Å². The number of nitrogens with zero attached hydrogens (tertiary/aromatic N) is 2. The van der Waals surface area contributed by atoms with Gasteiger partial charge in [0.15, 0.2) is 0 Å². The molecule has 3 aromatic rings. The van der Waals surface area contributed by atoms with Crippen LogP contribution in [0.1, 0.15) is 11.1 Å². The number of hydrogen-bond donors (Lipinski definition) is 0. The van der Waals surface area contributed by atoms with Gasteiger partial charge in [0.1, 0.15) is 11.5 Å². The van der Waals surface area contributed by atoms with Crippen molar-refractivity contribution in [3.05, 3.63) is 90.0 Å². The van der Waals surface area contributed by atoms with E-state index in [-0.39, 0.29) is 17.1 Å². The third-order valence-electron chi connectivity index (χ3n) is 3.99. The zero-order valence-electron chi connectivity index (χ0n) is 15.7. The highest BCUT2D eigenvalue weighted by Crippen LogP contribution is 2.27. The molecule has 0 unspecified atom stereocenters. The quantitative estimate of drug-likeness (QED) is 0.245. The predicted octanol–water partition coefficient (Wildman–Crippen LogP) is 5.93. The minimum absolute atomic E-state index is 0.186. The number of benzene rings is 3. The summed E-state index contributed by atoms with van der Waals surface area (Å²) in [4.78, 5) is 0. The van der Waals surface area contributed by atoms with Crippen LogP contribution >= 0.6 is 0 Å². The molecule has 30 heavy (non-hydrogen) atoms. The molecule has 0 aliphatic heterocycles. The highest BCUT2D eigenvalue weighted by Gasteiger charge is 2.13. The maximum Gasteiger partial charge on any atom is 0.387 e. The minimum atomic E-state index is -3.13. The Morgan fingerprint density at radius 1 is 0.800 bits per heavy atom. The second-order valence-corrected chi connectivity index (χ2v) is 6.08. The first-order chi connectivity index (χ1) is 14.5. The third kappa shape index (κ3) is 6.23. The molecule has 0 bridgehead atoms. The molecule has 0 amide bonds. The number of hydrazone groups is 1. The van der Waals surface area contributed by atoms with E-state index < -0.39 is 13.2 Å². The number of alkyl halides is 4. The van der Waals surface area contributed by atoms with Gasteiger partial charge in [-0.3, -0.25) is 5.01 Å². The Morgan fingerprint density at radius 2 is 1.43 bits per heavy atom. The second kappa shape index (κ2) is 10.3. The lowest BCUT2D eigenvalue weighted by molar-refractivity contribution is -0.0543. The lowest BCUT2D eigenvalue weighted by Gasteiger charge is -2.19. The van der Waals surface area contributed by atoms with Crippen molar-refractivity contribution in [1.29, 1.82) is 0 Å². The molecule has 0 aliphatic carbocycles. The number of halogens is 4. The molecule has 0 N–H and O–H groups in total. The molecular formula is C22H18F4N2O2. The fraction of sp³-hybridized carbons (Fsp3) is 0.136. The topological polar surface area (TPSA) is 34.1 Å². The Labute approximate surface area is 171 Å². The predicted molar refractivity (Wildman–Crippen MR) is 106 cm³/mol. The highest BCUT2D eigenvalue weighted by molar-refractivity contribution is 5.84. The Hall–Kier alpha value is -3.55. The van der Waals surface area contributed by atoms with Gasteiger partial charge in [0.25, 0.3) is 0 Å². The molecule has 4 nitrogen and oxygen atoms in total. The molecule has 156 valence electrons. The second-order valence-electron chi connectivity index (χ2n) is 6.08. The van der Waals surface area contributed by atoms with E-state index in [0.29, 0.717) is 6.54 Å². The maximum atomic E-state index is 12.8. The van der Waals surface area contributed by atoms with Gasteiger partial charge in [-0.1, -0.05) is 48.5 Å². The molecule has 0 spiro atoms. The van der Waals surface area contributed by atoms with Crippen LogP contribution in [0.5, 0.6) is 11.5 Å². The third-order valence-corrected chi connectivity index (χ3v) is 3.99. The van der Waals surface area contributed by atoms with Gasteiger partial charge in [0, 0.05) is 11.6 Å². The summed E-state index contributed by atoms with van der Waals surface area (Å²) in [5.74, 6) is -0.610. The first-order valence-corrected chi connectivity index (χ1v) is 8.95. The Bertz CT molecular complexity index is 954. The molecule has 0 fully saturated rings. The van der Waals surface area contributed by atoms with Crippen LogP contribution < -0.4 is 14.5 Å². The number of ether oxygens (including phenoxy) is 2. The van der Waals surface area contributed by atoms with E-state index in [0.717, 1.165) is 17.3 Å². The molecule has 0 heterocycles.